The van der Waals surface area contributed by atoms with E-state index in [4.69, 9.17) is 0 Å². The first-order chi connectivity index (χ1) is 6.42. The third-order valence-electron chi connectivity index (χ3n) is 2.61. The summed E-state index contributed by atoms with van der Waals surface area (Å²) >= 11 is 0. The van der Waals surface area contributed by atoms with Crippen molar-refractivity contribution >= 4 is 6.41 Å². The van der Waals surface area contributed by atoms with Gasteiger partial charge in [0.05, 0.1) is 6.04 Å². The summed E-state index contributed by atoms with van der Waals surface area (Å²) in [5, 5.41) is 0. The lowest BCUT2D eigenvalue weighted by Crippen LogP contribution is -2.20. The second-order valence-electron chi connectivity index (χ2n) is 3.41. The number of hydrogen-bond donors (Lipinski definition) is 0. The molecule has 1 aliphatic heterocycles. The normalized spacial score (nSPS) is 21.8. The van der Waals surface area contributed by atoms with Crippen LogP contribution in [0.4, 0.5) is 0 Å². The standard InChI is InChI=1S/C11H13NO/c13-9-12-8-4-7-11(12)10-5-2-1-3-6-10/h1-3,5-6,9,11H,4,7-8H2. The van der Waals surface area contributed by atoms with Crippen molar-refractivity contribution in [3.63, 3.8) is 0 Å². The summed E-state index contributed by atoms with van der Waals surface area (Å²) < 4.78 is 0. The molecule has 1 aromatic rings. The first kappa shape index (κ1) is 8.30. The molecule has 1 fully saturated rings. The number of likely N-dealkylation sites (tertiary alicyclic amines) is 1. The highest BCUT2D eigenvalue weighted by atomic mass is 16.1. The molecule has 1 amide bonds. The summed E-state index contributed by atoms with van der Waals surface area (Å²) in [7, 11) is 0. The second kappa shape index (κ2) is 3.60. The van der Waals surface area contributed by atoms with Crippen LogP contribution in [0.25, 0.3) is 0 Å². The van der Waals surface area contributed by atoms with Gasteiger partial charge in [-0.25, -0.2) is 0 Å². The molecule has 0 bridgehead atoms. The molecule has 0 spiro atoms. The summed E-state index contributed by atoms with van der Waals surface area (Å²) in [5.74, 6) is 0. The Kier molecular flexibility index (Phi) is 2.30. The Hall–Kier alpha value is -1.31. The summed E-state index contributed by atoms with van der Waals surface area (Å²) in [6.07, 6.45) is 3.19. The first-order valence-electron chi connectivity index (χ1n) is 4.68. The molecule has 2 heteroatoms. The monoisotopic (exact) mass is 175 g/mol. The molecule has 2 nitrogen and oxygen atoms in total. The van der Waals surface area contributed by atoms with Gasteiger partial charge in [0.25, 0.3) is 0 Å². The fourth-order valence-electron chi connectivity index (χ4n) is 1.95. The average molecular weight is 175 g/mol. The van der Waals surface area contributed by atoms with Crippen LogP contribution in [0, 0.1) is 0 Å². The van der Waals surface area contributed by atoms with Crippen LogP contribution in [0.3, 0.4) is 0 Å². The second-order valence-corrected chi connectivity index (χ2v) is 3.41. The molecule has 1 aliphatic rings. The maximum absolute atomic E-state index is 10.7. The smallest absolute Gasteiger partial charge is 0.210 e. The Morgan fingerprint density at radius 2 is 2.08 bits per heavy atom. The lowest BCUT2D eigenvalue weighted by molar-refractivity contribution is -0.118. The lowest BCUT2D eigenvalue weighted by atomic mass is 10.1. The van der Waals surface area contributed by atoms with Gasteiger partial charge in [0.1, 0.15) is 0 Å². The molecular weight excluding hydrogens is 162 g/mol. The van der Waals surface area contributed by atoms with Crippen molar-refractivity contribution in [2.24, 2.45) is 0 Å². The van der Waals surface area contributed by atoms with Crippen molar-refractivity contribution in [1.82, 2.24) is 4.90 Å². The fraction of sp³-hybridized carbons (Fsp3) is 0.364. The fourth-order valence-corrected chi connectivity index (χ4v) is 1.95. The van der Waals surface area contributed by atoms with Gasteiger partial charge in [-0.2, -0.15) is 0 Å². The third kappa shape index (κ3) is 1.57. The minimum absolute atomic E-state index is 0.318. The van der Waals surface area contributed by atoms with Crippen LogP contribution < -0.4 is 0 Å². The maximum Gasteiger partial charge on any atom is 0.210 e. The van der Waals surface area contributed by atoms with Crippen LogP contribution in [-0.2, 0) is 4.79 Å². The van der Waals surface area contributed by atoms with Gasteiger partial charge in [0, 0.05) is 6.54 Å². The van der Waals surface area contributed by atoms with Gasteiger partial charge in [-0.05, 0) is 18.4 Å². The van der Waals surface area contributed by atoms with Crippen LogP contribution in [0.2, 0.25) is 0 Å². The molecule has 1 atom stereocenters. The van der Waals surface area contributed by atoms with Crippen LogP contribution >= 0.6 is 0 Å². The molecular formula is C11H13NO. The number of carbonyl (C=O) groups excluding carboxylic acids is 1. The minimum Gasteiger partial charge on any atom is -0.338 e. The van der Waals surface area contributed by atoms with E-state index in [-0.39, 0.29) is 0 Å². The third-order valence-corrected chi connectivity index (χ3v) is 2.61. The minimum atomic E-state index is 0.318. The van der Waals surface area contributed by atoms with Gasteiger partial charge in [-0.15, -0.1) is 0 Å². The predicted octanol–water partition coefficient (Wildman–Crippen LogP) is 1.98. The molecule has 0 saturated carbocycles. The SMILES string of the molecule is O=CN1CCCC1c1ccccc1. The number of carbonyl (C=O) groups is 1. The van der Waals surface area contributed by atoms with Gasteiger partial charge in [-0.1, -0.05) is 30.3 Å². The van der Waals surface area contributed by atoms with E-state index in [2.05, 4.69) is 12.1 Å². The zero-order valence-electron chi connectivity index (χ0n) is 7.52. The van der Waals surface area contributed by atoms with Crippen molar-refractivity contribution in [3.05, 3.63) is 35.9 Å². The van der Waals surface area contributed by atoms with E-state index in [1.54, 1.807) is 0 Å². The zero-order chi connectivity index (χ0) is 9.10. The number of nitrogens with zero attached hydrogens (tertiary/aromatic N) is 1. The summed E-state index contributed by atoms with van der Waals surface area (Å²) in [6.45, 7) is 0.906. The van der Waals surface area contributed by atoms with Gasteiger partial charge < -0.3 is 4.90 Å². The van der Waals surface area contributed by atoms with Crippen molar-refractivity contribution < 1.29 is 4.79 Å². The molecule has 0 N–H and O–H groups in total. The molecule has 1 unspecified atom stereocenters. The summed E-state index contributed by atoms with van der Waals surface area (Å²) in [5.41, 5.74) is 1.26. The molecule has 68 valence electrons. The van der Waals surface area contributed by atoms with E-state index in [9.17, 15) is 4.79 Å². The molecule has 0 aromatic heterocycles. The number of amides is 1. The van der Waals surface area contributed by atoms with E-state index in [0.29, 0.717) is 6.04 Å². The van der Waals surface area contributed by atoms with Gasteiger partial charge in [0.2, 0.25) is 6.41 Å². The Balaban J connectivity index is 2.21. The van der Waals surface area contributed by atoms with Gasteiger partial charge in [0.15, 0.2) is 0 Å². The van der Waals surface area contributed by atoms with Crippen molar-refractivity contribution in [1.29, 1.82) is 0 Å². The van der Waals surface area contributed by atoms with E-state index in [1.165, 1.54) is 5.56 Å². The molecule has 13 heavy (non-hydrogen) atoms. The van der Waals surface area contributed by atoms with Crippen molar-refractivity contribution in [3.8, 4) is 0 Å². The molecule has 1 aromatic carbocycles. The quantitative estimate of drug-likeness (QED) is 0.629. The highest BCUT2D eigenvalue weighted by molar-refractivity contribution is 5.49. The zero-order valence-corrected chi connectivity index (χ0v) is 7.52. The predicted molar refractivity (Wildman–Crippen MR) is 51.2 cm³/mol. The number of rotatable bonds is 2. The maximum atomic E-state index is 10.7. The molecule has 1 heterocycles. The summed E-state index contributed by atoms with van der Waals surface area (Å²) in [6, 6.07) is 10.6. The lowest BCUT2D eigenvalue weighted by Gasteiger charge is -2.19. The first-order valence-corrected chi connectivity index (χ1v) is 4.68. The van der Waals surface area contributed by atoms with E-state index in [0.717, 1.165) is 25.8 Å². The van der Waals surface area contributed by atoms with Gasteiger partial charge >= 0.3 is 0 Å². The number of benzene rings is 1. The molecule has 2 rings (SSSR count). The summed E-state index contributed by atoms with van der Waals surface area (Å²) in [4.78, 5) is 12.6. The Labute approximate surface area is 78.2 Å². The Morgan fingerprint density at radius 3 is 2.77 bits per heavy atom. The highest BCUT2D eigenvalue weighted by Crippen LogP contribution is 2.29. The van der Waals surface area contributed by atoms with Gasteiger partial charge in [-0.3, -0.25) is 4.79 Å². The Morgan fingerprint density at radius 1 is 1.31 bits per heavy atom. The Bertz CT molecular complexity index is 283. The van der Waals surface area contributed by atoms with E-state index >= 15 is 0 Å². The van der Waals surface area contributed by atoms with Crippen LogP contribution in [0.15, 0.2) is 30.3 Å². The topological polar surface area (TPSA) is 20.3 Å². The molecule has 0 radical (unpaired) electrons. The van der Waals surface area contributed by atoms with Crippen LogP contribution in [-0.4, -0.2) is 17.9 Å². The van der Waals surface area contributed by atoms with Crippen LogP contribution in [0.5, 0.6) is 0 Å². The number of hydrogen-bond acceptors (Lipinski definition) is 1. The highest BCUT2D eigenvalue weighted by Gasteiger charge is 2.23. The molecule has 0 aliphatic carbocycles. The average Bonchev–Trinajstić information content (AvgIpc) is 2.67. The van der Waals surface area contributed by atoms with E-state index < -0.39 is 0 Å². The largest absolute Gasteiger partial charge is 0.338 e. The van der Waals surface area contributed by atoms with E-state index in [1.807, 2.05) is 23.1 Å². The van der Waals surface area contributed by atoms with Crippen molar-refractivity contribution in [2.45, 2.75) is 18.9 Å². The molecule has 1 saturated heterocycles. The van der Waals surface area contributed by atoms with Crippen LogP contribution in [0.1, 0.15) is 24.4 Å². The van der Waals surface area contributed by atoms with Crippen molar-refractivity contribution in [2.75, 3.05) is 6.54 Å².